The number of benzene rings is 1. The normalized spacial score (nSPS) is 11.8. The van der Waals surface area contributed by atoms with Crippen LogP contribution >= 0.6 is 0 Å². The first-order valence-corrected chi connectivity index (χ1v) is 6.80. The van der Waals surface area contributed by atoms with Gasteiger partial charge in [-0.15, -0.1) is 0 Å². The summed E-state index contributed by atoms with van der Waals surface area (Å²) in [6, 6.07) is 2.85. The van der Waals surface area contributed by atoms with Gasteiger partial charge in [0.05, 0.1) is 0 Å². The van der Waals surface area contributed by atoms with Crippen LogP contribution in [0.25, 0.3) is 0 Å². The summed E-state index contributed by atoms with van der Waals surface area (Å²) in [6.07, 6.45) is 0.779. The van der Waals surface area contributed by atoms with E-state index in [2.05, 4.69) is 10.6 Å². The topological polar surface area (TPSA) is 74.8 Å². The standard InChI is InChI=1S/C14H19F2N3O2/c1-3-6-17-14(21)19-13(20)8-18-9(2)10-4-5-11(15)12(16)7-10/h4-5,7,9,18H,3,6,8H2,1-2H3,(H2,17,19,20,21)/p+1/t9-/m1/s1. The van der Waals surface area contributed by atoms with Gasteiger partial charge in [0.1, 0.15) is 6.04 Å². The Hall–Kier alpha value is -2.02. The molecule has 0 fully saturated rings. The molecule has 1 rings (SSSR count). The van der Waals surface area contributed by atoms with Crippen LogP contribution in [0, 0.1) is 11.6 Å². The third-order valence-corrected chi connectivity index (χ3v) is 2.91. The Kier molecular flexibility index (Phi) is 6.74. The zero-order valence-electron chi connectivity index (χ0n) is 12.1. The van der Waals surface area contributed by atoms with Crippen molar-refractivity contribution in [2.45, 2.75) is 26.3 Å². The third kappa shape index (κ3) is 5.86. The Labute approximate surface area is 122 Å². The molecule has 7 heteroatoms. The van der Waals surface area contributed by atoms with Crippen LogP contribution in [-0.2, 0) is 4.79 Å². The fourth-order valence-electron chi connectivity index (χ4n) is 1.68. The molecule has 0 unspecified atom stereocenters. The summed E-state index contributed by atoms with van der Waals surface area (Å²) in [4.78, 5) is 22.8. The molecule has 0 saturated carbocycles. The first-order chi connectivity index (χ1) is 9.93. The van der Waals surface area contributed by atoms with Crippen LogP contribution in [0.2, 0.25) is 0 Å². The molecule has 0 bridgehead atoms. The number of carbonyl (C=O) groups excluding carboxylic acids is 2. The second kappa shape index (κ2) is 8.31. The van der Waals surface area contributed by atoms with Crippen LogP contribution in [0.3, 0.4) is 0 Å². The van der Waals surface area contributed by atoms with Gasteiger partial charge in [-0.05, 0) is 31.5 Å². The number of hydrogen-bond donors (Lipinski definition) is 3. The average Bonchev–Trinajstić information content (AvgIpc) is 2.45. The number of amides is 3. The molecule has 1 aromatic carbocycles. The zero-order chi connectivity index (χ0) is 15.8. The highest BCUT2D eigenvalue weighted by Crippen LogP contribution is 2.12. The highest BCUT2D eigenvalue weighted by atomic mass is 19.2. The van der Waals surface area contributed by atoms with Crippen molar-refractivity contribution in [1.29, 1.82) is 0 Å². The molecule has 0 spiro atoms. The van der Waals surface area contributed by atoms with E-state index in [0.29, 0.717) is 12.1 Å². The van der Waals surface area contributed by atoms with Crippen LogP contribution in [0.4, 0.5) is 13.6 Å². The number of urea groups is 1. The average molecular weight is 300 g/mol. The monoisotopic (exact) mass is 300 g/mol. The molecule has 0 aliphatic carbocycles. The molecule has 3 amide bonds. The fourth-order valence-corrected chi connectivity index (χ4v) is 1.68. The van der Waals surface area contributed by atoms with Crippen molar-refractivity contribution >= 4 is 11.9 Å². The second-order valence-electron chi connectivity index (χ2n) is 4.71. The molecule has 0 aliphatic heterocycles. The van der Waals surface area contributed by atoms with Crippen molar-refractivity contribution in [2.24, 2.45) is 0 Å². The Balaban J connectivity index is 2.41. The van der Waals surface area contributed by atoms with Crippen molar-refractivity contribution in [3.8, 4) is 0 Å². The largest absolute Gasteiger partial charge is 0.338 e. The summed E-state index contributed by atoms with van der Waals surface area (Å²) in [7, 11) is 0. The van der Waals surface area contributed by atoms with E-state index in [9.17, 15) is 18.4 Å². The van der Waals surface area contributed by atoms with Gasteiger partial charge >= 0.3 is 6.03 Å². The summed E-state index contributed by atoms with van der Waals surface area (Å²) in [5.41, 5.74) is 0.567. The first-order valence-electron chi connectivity index (χ1n) is 6.80. The molecule has 1 atom stereocenters. The van der Waals surface area contributed by atoms with Crippen LogP contribution in [0.15, 0.2) is 18.2 Å². The van der Waals surface area contributed by atoms with Gasteiger partial charge in [-0.1, -0.05) is 6.92 Å². The molecule has 1 aromatic rings. The lowest BCUT2D eigenvalue weighted by Gasteiger charge is -2.11. The molecular formula is C14H20F2N3O2+. The number of nitrogens with one attached hydrogen (secondary N) is 2. The van der Waals surface area contributed by atoms with Gasteiger partial charge in [-0.2, -0.15) is 0 Å². The maximum Gasteiger partial charge on any atom is 0.321 e. The van der Waals surface area contributed by atoms with Gasteiger partial charge in [0, 0.05) is 12.1 Å². The Morgan fingerprint density at radius 3 is 2.62 bits per heavy atom. The zero-order valence-corrected chi connectivity index (χ0v) is 12.1. The highest BCUT2D eigenvalue weighted by molar-refractivity contribution is 5.94. The smallest absolute Gasteiger partial charge is 0.321 e. The van der Waals surface area contributed by atoms with E-state index < -0.39 is 23.6 Å². The van der Waals surface area contributed by atoms with Crippen molar-refractivity contribution in [2.75, 3.05) is 13.1 Å². The predicted octanol–water partition coefficient (Wildman–Crippen LogP) is 0.825. The minimum Gasteiger partial charge on any atom is -0.338 e. The number of quaternary nitrogens is 1. The van der Waals surface area contributed by atoms with Crippen molar-refractivity contribution < 1.29 is 23.7 Å². The molecule has 5 nitrogen and oxygen atoms in total. The predicted molar refractivity (Wildman–Crippen MR) is 73.4 cm³/mol. The van der Waals surface area contributed by atoms with Crippen LogP contribution in [0.5, 0.6) is 0 Å². The molecule has 21 heavy (non-hydrogen) atoms. The third-order valence-electron chi connectivity index (χ3n) is 2.91. The van der Waals surface area contributed by atoms with E-state index in [1.54, 1.807) is 12.2 Å². The lowest BCUT2D eigenvalue weighted by molar-refractivity contribution is -0.682. The quantitative estimate of drug-likeness (QED) is 0.728. The lowest BCUT2D eigenvalue weighted by atomic mass is 10.1. The van der Waals surface area contributed by atoms with E-state index in [0.717, 1.165) is 18.6 Å². The molecule has 0 aliphatic rings. The van der Waals surface area contributed by atoms with Gasteiger partial charge in [0.2, 0.25) is 0 Å². The molecule has 0 radical (unpaired) electrons. The van der Waals surface area contributed by atoms with Gasteiger partial charge in [0.25, 0.3) is 5.91 Å². The van der Waals surface area contributed by atoms with Crippen molar-refractivity contribution in [1.82, 2.24) is 10.6 Å². The van der Waals surface area contributed by atoms with E-state index in [1.807, 2.05) is 6.92 Å². The molecule has 4 N–H and O–H groups in total. The minimum atomic E-state index is -0.920. The number of hydrogen-bond acceptors (Lipinski definition) is 2. The minimum absolute atomic E-state index is 0.0136. The first kappa shape index (κ1) is 17.0. The summed E-state index contributed by atoms with van der Waals surface area (Å²) < 4.78 is 25.9. The van der Waals surface area contributed by atoms with E-state index >= 15 is 0 Å². The molecular weight excluding hydrogens is 280 g/mol. The second-order valence-corrected chi connectivity index (χ2v) is 4.71. The summed E-state index contributed by atoms with van der Waals surface area (Å²) in [5, 5.41) is 6.34. The molecule has 0 heterocycles. The molecule has 116 valence electrons. The SMILES string of the molecule is CCCNC(=O)NC(=O)C[NH2+][C@H](C)c1ccc(F)c(F)c1. The maximum atomic E-state index is 13.1. The van der Waals surface area contributed by atoms with Gasteiger partial charge in [-0.25, -0.2) is 13.6 Å². The summed E-state index contributed by atoms with van der Waals surface area (Å²) in [5.74, 6) is -2.27. The van der Waals surface area contributed by atoms with E-state index in [1.165, 1.54) is 6.07 Å². The van der Waals surface area contributed by atoms with E-state index in [4.69, 9.17) is 0 Å². The highest BCUT2D eigenvalue weighted by Gasteiger charge is 2.15. The number of imide groups is 1. The van der Waals surface area contributed by atoms with Crippen LogP contribution < -0.4 is 16.0 Å². The van der Waals surface area contributed by atoms with Crippen LogP contribution in [-0.4, -0.2) is 25.0 Å². The van der Waals surface area contributed by atoms with Gasteiger partial charge < -0.3 is 10.6 Å². The van der Waals surface area contributed by atoms with Crippen LogP contribution in [0.1, 0.15) is 31.9 Å². The Morgan fingerprint density at radius 2 is 2.00 bits per heavy atom. The number of nitrogens with two attached hydrogens (primary N) is 1. The van der Waals surface area contributed by atoms with E-state index in [-0.39, 0.29) is 12.6 Å². The lowest BCUT2D eigenvalue weighted by Crippen LogP contribution is -2.87. The number of rotatable bonds is 6. The number of halogens is 2. The molecule has 0 aromatic heterocycles. The number of carbonyl (C=O) groups is 2. The summed E-state index contributed by atoms with van der Waals surface area (Å²) in [6.45, 7) is 4.17. The maximum absolute atomic E-state index is 13.1. The van der Waals surface area contributed by atoms with Crippen molar-refractivity contribution in [3.63, 3.8) is 0 Å². The van der Waals surface area contributed by atoms with Gasteiger partial charge in [0.15, 0.2) is 18.2 Å². The van der Waals surface area contributed by atoms with Gasteiger partial charge in [-0.3, -0.25) is 10.1 Å². The Morgan fingerprint density at radius 1 is 1.29 bits per heavy atom. The molecule has 0 saturated heterocycles. The Bertz CT molecular complexity index is 509. The summed E-state index contributed by atoms with van der Waals surface area (Å²) >= 11 is 0. The fraction of sp³-hybridized carbons (Fsp3) is 0.429. The van der Waals surface area contributed by atoms with Crippen molar-refractivity contribution in [3.05, 3.63) is 35.4 Å².